The van der Waals surface area contributed by atoms with Crippen molar-refractivity contribution in [2.75, 3.05) is 13.2 Å². The highest BCUT2D eigenvalue weighted by atomic mass is 19.1. The number of hydrogen-bond donors (Lipinski definition) is 3. The Kier molecular flexibility index (Phi) is 8.18. The molecule has 1 amide bonds. The Morgan fingerprint density at radius 1 is 1.08 bits per heavy atom. The van der Waals surface area contributed by atoms with Crippen LogP contribution in [0.5, 0.6) is 5.75 Å². The van der Waals surface area contributed by atoms with Gasteiger partial charge in [0.25, 0.3) is 0 Å². The number of halogens is 1. The van der Waals surface area contributed by atoms with Gasteiger partial charge in [-0.1, -0.05) is 60.7 Å². The first-order valence-electron chi connectivity index (χ1n) is 12.2. The maximum absolute atomic E-state index is 14.9. The fourth-order valence-electron chi connectivity index (χ4n) is 4.73. The van der Waals surface area contributed by atoms with Gasteiger partial charge in [-0.3, -0.25) is 15.0 Å². The van der Waals surface area contributed by atoms with Gasteiger partial charge in [0.1, 0.15) is 12.4 Å². The van der Waals surface area contributed by atoms with E-state index in [2.05, 4.69) is 0 Å². The van der Waals surface area contributed by atoms with E-state index in [0.717, 1.165) is 18.4 Å². The molecule has 1 saturated heterocycles. The Balaban J connectivity index is 1.41. The number of hydrogen-bond acceptors (Lipinski definition) is 4. The summed E-state index contributed by atoms with van der Waals surface area (Å²) in [6.07, 6.45) is 1.66. The van der Waals surface area contributed by atoms with Gasteiger partial charge >= 0.3 is 5.97 Å². The molecule has 0 unspecified atom stereocenters. The van der Waals surface area contributed by atoms with Crippen molar-refractivity contribution in [1.82, 2.24) is 4.90 Å². The average Bonchev–Trinajstić information content (AvgIpc) is 3.17. The van der Waals surface area contributed by atoms with Crippen molar-refractivity contribution in [3.05, 3.63) is 89.7 Å². The number of carboxylic acids is 1. The molecule has 1 fully saturated rings. The second kappa shape index (κ2) is 11.7. The van der Waals surface area contributed by atoms with Gasteiger partial charge in [-0.15, -0.1) is 0 Å². The van der Waals surface area contributed by atoms with Crippen LogP contribution in [0.4, 0.5) is 4.39 Å². The highest BCUT2D eigenvalue weighted by molar-refractivity contribution is 5.95. The highest BCUT2D eigenvalue weighted by Crippen LogP contribution is 2.30. The Morgan fingerprint density at radius 2 is 1.78 bits per heavy atom. The van der Waals surface area contributed by atoms with Gasteiger partial charge < -0.3 is 20.5 Å². The Morgan fingerprint density at radius 3 is 2.43 bits per heavy atom. The number of carboxylic acid groups (broad SMARTS) is 1. The first-order valence-corrected chi connectivity index (χ1v) is 12.2. The number of aryl methyl sites for hydroxylation is 1. The van der Waals surface area contributed by atoms with E-state index >= 15 is 0 Å². The highest BCUT2D eigenvalue weighted by Gasteiger charge is 2.40. The number of nitrogens with one attached hydrogen (secondary N) is 1. The van der Waals surface area contributed by atoms with Gasteiger partial charge in [0, 0.05) is 12.1 Å². The lowest BCUT2D eigenvalue weighted by Crippen LogP contribution is -2.38. The summed E-state index contributed by atoms with van der Waals surface area (Å²) in [5.41, 5.74) is 8.67. The molecule has 0 spiro atoms. The molecule has 0 radical (unpaired) electrons. The lowest BCUT2D eigenvalue weighted by atomic mass is 10.0. The number of benzene rings is 3. The standard InChI is InChI=1S/C29H30FN3O4/c30-25-16-22(20-8-10-21(11-9-20)28(31)32)12-13-26(25)37-18-24-15-23(17-27(34)35)29(36)33(24)14-4-7-19-5-2-1-3-6-19/h1-3,5-6,8-13,16,23-24H,4,7,14-15,17-18H2,(H3,31,32)(H,34,35)/t23-,24-/m0/s1. The molecule has 3 aromatic carbocycles. The van der Waals surface area contributed by atoms with E-state index in [-0.39, 0.29) is 36.6 Å². The van der Waals surface area contributed by atoms with Gasteiger partial charge in [-0.2, -0.15) is 0 Å². The fourth-order valence-corrected chi connectivity index (χ4v) is 4.73. The third kappa shape index (κ3) is 6.52. The van der Waals surface area contributed by atoms with Crippen LogP contribution in [0, 0.1) is 17.1 Å². The normalized spacial score (nSPS) is 17.1. The lowest BCUT2D eigenvalue weighted by molar-refractivity contribution is -0.142. The van der Waals surface area contributed by atoms with Crippen molar-refractivity contribution >= 4 is 17.7 Å². The van der Waals surface area contributed by atoms with E-state index in [1.54, 1.807) is 41.3 Å². The topological polar surface area (TPSA) is 117 Å². The molecule has 4 N–H and O–H groups in total. The Bertz CT molecular complexity index is 1260. The van der Waals surface area contributed by atoms with Crippen LogP contribution < -0.4 is 10.5 Å². The molecule has 37 heavy (non-hydrogen) atoms. The summed E-state index contributed by atoms with van der Waals surface area (Å²) in [6.45, 7) is 0.562. The third-order valence-corrected chi connectivity index (χ3v) is 6.65. The first-order chi connectivity index (χ1) is 17.8. The van der Waals surface area contributed by atoms with Crippen LogP contribution in [-0.4, -0.2) is 46.9 Å². The summed E-state index contributed by atoms with van der Waals surface area (Å²) in [5, 5.41) is 16.7. The zero-order valence-corrected chi connectivity index (χ0v) is 20.4. The molecule has 0 saturated carbocycles. The Hall–Kier alpha value is -4.20. The molecule has 4 rings (SSSR count). The van der Waals surface area contributed by atoms with Crippen molar-refractivity contribution in [2.45, 2.75) is 31.7 Å². The molecule has 0 aromatic heterocycles. The number of nitrogen functional groups attached to an aromatic ring is 1. The van der Waals surface area contributed by atoms with E-state index in [1.807, 2.05) is 30.3 Å². The fraction of sp³-hybridized carbons (Fsp3) is 0.276. The number of rotatable bonds is 11. The smallest absolute Gasteiger partial charge is 0.304 e. The van der Waals surface area contributed by atoms with Gasteiger partial charge in [-0.05, 0) is 48.1 Å². The van der Waals surface area contributed by atoms with E-state index in [0.29, 0.717) is 24.1 Å². The van der Waals surface area contributed by atoms with Crippen LogP contribution in [0.2, 0.25) is 0 Å². The molecular weight excluding hydrogens is 473 g/mol. The molecule has 192 valence electrons. The lowest BCUT2D eigenvalue weighted by Gasteiger charge is -2.25. The van der Waals surface area contributed by atoms with Gasteiger partial charge in [0.2, 0.25) is 5.91 Å². The Labute approximate surface area is 215 Å². The number of carbonyl (C=O) groups excluding carboxylic acids is 1. The first kappa shape index (κ1) is 25.9. The molecule has 8 heteroatoms. The quantitative estimate of drug-likeness (QED) is 0.264. The monoisotopic (exact) mass is 503 g/mol. The molecular formula is C29H30FN3O4. The van der Waals surface area contributed by atoms with Crippen LogP contribution in [0.15, 0.2) is 72.8 Å². The van der Waals surface area contributed by atoms with Crippen molar-refractivity contribution in [1.29, 1.82) is 5.41 Å². The number of likely N-dealkylation sites (tertiary alicyclic amines) is 1. The minimum Gasteiger partial charge on any atom is -0.488 e. The summed E-state index contributed by atoms with van der Waals surface area (Å²) in [4.78, 5) is 25.9. The molecule has 1 heterocycles. The minimum absolute atomic E-state index is 0.0356. The van der Waals surface area contributed by atoms with Crippen LogP contribution in [0.3, 0.4) is 0 Å². The number of nitrogens with two attached hydrogens (primary N) is 1. The van der Waals surface area contributed by atoms with Crippen molar-refractivity contribution in [2.24, 2.45) is 11.7 Å². The van der Waals surface area contributed by atoms with E-state index in [4.69, 9.17) is 15.9 Å². The third-order valence-electron chi connectivity index (χ3n) is 6.65. The number of carbonyl (C=O) groups is 2. The van der Waals surface area contributed by atoms with Gasteiger partial charge in [0.05, 0.1) is 18.4 Å². The van der Waals surface area contributed by atoms with Gasteiger partial charge in [0.15, 0.2) is 11.6 Å². The van der Waals surface area contributed by atoms with E-state index in [9.17, 15) is 19.1 Å². The van der Waals surface area contributed by atoms with Crippen molar-refractivity contribution in [3.8, 4) is 16.9 Å². The molecule has 3 aromatic rings. The SMILES string of the molecule is N=C(N)c1ccc(-c2ccc(OC[C@@H]3C[C@@H](CC(=O)O)C(=O)N3CCCc3ccccc3)c(F)c2)cc1. The zero-order chi connectivity index (χ0) is 26.4. The number of aliphatic carboxylic acids is 1. The second-order valence-corrected chi connectivity index (χ2v) is 9.25. The molecule has 1 aliphatic heterocycles. The summed E-state index contributed by atoms with van der Waals surface area (Å²) < 4.78 is 20.7. The van der Waals surface area contributed by atoms with Crippen LogP contribution in [0.25, 0.3) is 11.1 Å². The number of nitrogens with zero attached hydrogens (tertiary/aromatic N) is 1. The summed E-state index contributed by atoms with van der Waals surface area (Å²) in [7, 11) is 0. The number of amidine groups is 1. The van der Waals surface area contributed by atoms with Gasteiger partial charge in [-0.25, -0.2) is 4.39 Å². The van der Waals surface area contributed by atoms with E-state index < -0.39 is 17.7 Å². The summed E-state index contributed by atoms with van der Waals surface area (Å²) >= 11 is 0. The number of amides is 1. The number of ether oxygens (including phenoxy) is 1. The van der Waals surface area contributed by atoms with Crippen LogP contribution in [-0.2, 0) is 16.0 Å². The maximum Gasteiger partial charge on any atom is 0.304 e. The molecule has 1 aliphatic rings. The molecule has 0 bridgehead atoms. The minimum atomic E-state index is -1.01. The average molecular weight is 504 g/mol. The largest absolute Gasteiger partial charge is 0.488 e. The van der Waals surface area contributed by atoms with E-state index in [1.165, 1.54) is 11.6 Å². The molecule has 2 atom stereocenters. The zero-order valence-electron chi connectivity index (χ0n) is 20.4. The predicted octanol–water partition coefficient (Wildman–Crippen LogP) is 4.48. The summed E-state index contributed by atoms with van der Waals surface area (Å²) in [5.74, 6) is -2.30. The summed E-state index contributed by atoms with van der Waals surface area (Å²) in [6, 6.07) is 21.2. The molecule has 7 nitrogen and oxygen atoms in total. The van der Waals surface area contributed by atoms with Crippen LogP contribution >= 0.6 is 0 Å². The maximum atomic E-state index is 14.9. The second-order valence-electron chi connectivity index (χ2n) is 9.25. The van der Waals surface area contributed by atoms with Crippen LogP contribution in [0.1, 0.15) is 30.4 Å². The van der Waals surface area contributed by atoms with Crippen molar-refractivity contribution < 1.29 is 23.8 Å². The van der Waals surface area contributed by atoms with Crippen molar-refractivity contribution in [3.63, 3.8) is 0 Å². The predicted molar refractivity (Wildman–Crippen MR) is 139 cm³/mol. The molecule has 0 aliphatic carbocycles.